The predicted octanol–water partition coefficient (Wildman–Crippen LogP) is 3.90. The molecule has 1 aliphatic heterocycles. The maximum atomic E-state index is 15.1. The fraction of sp³-hybridized carbons (Fsp3) is 0.613. The van der Waals surface area contributed by atoms with Crippen molar-refractivity contribution in [3.05, 3.63) is 56.4 Å². The summed E-state index contributed by atoms with van der Waals surface area (Å²) in [5.74, 6) is -1.77. The Hall–Kier alpha value is -3.69. The Morgan fingerprint density at radius 3 is 2.38 bits per heavy atom. The van der Waals surface area contributed by atoms with Crippen LogP contribution in [0.2, 0.25) is 0 Å². The zero-order valence-corrected chi connectivity index (χ0v) is 27.9. The number of amides is 1. The van der Waals surface area contributed by atoms with E-state index in [1.54, 1.807) is 10.6 Å². The maximum absolute atomic E-state index is 15.1. The Bertz CT molecular complexity index is 1750. The lowest BCUT2D eigenvalue weighted by Crippen LogP contribution is -2.49. The predicted molar refractivity (Wildman–Crippen MR) is 169 cm³/mol. The average molecular weight is 687 g/mol. The van der Waals surface area contributed by atoms with E-state index < -0.39 is 63.6 Å². The first-order valence-electron chi connectivity index (χ1n) is 15.6. The minimum atomic E-state index is -4.68. The monoisotopic (exact) mass is 686 g/mol. The van der Waals surface area contributed by atoms with Gasteiger partial charge in [-0.25, -0.2) is 22.6 Å². The Balaban J connectivity index is 1.53. The summed E-state index contributed by atoms with van der Waals surface area (Å²) in [6, 6.07) is 1.41. The third-order valence-electron chi connectivity index (χ3n) is 8.06. The van der Waals surface area contributed by atoms with Crippen LogP contribution in [-0.4, -0.2) is 54.7 Å². The van der Waals surface area contributed by atoms with Gasteiger partial charge in [0.25, 0.3) is 5.56 Å². The topological polar surface area (TPSA) is 143 Å². The highest BCUT2D eigenvalue weighted by Crippen LogP contribution is 2.25. The van der Waals surface area contributed by atoms with Crippen LogP contribution in [0.15, 0.2) is 44.5 Å². The van der Waals surface area contributed by atoms with Gasteiger partial charge in [0.05, 0.1) is 24.4 Å². The molecule has 1 atom stereocenters. The summed E-state index contributed by atoms with van der Waals surface area (Å²) in [4.78, 5) is 35.3. The molecule has 0 saturated heterocycles. The van der Waals surface area contributed by atoms with Gasteiger partial charge in [0, 0.05) is 35.3 Å². The molecule has 1 saturated carbocycles. The van der Waals surface area contributed by atoms with Gasteiger partial charge in [0.1, 0.15) is 16.9 Å². The van der Waals surface area contributed by atoms with E-state index in [1.807, 2.05) is 39.3 Å². The summed E-state index contributed by atoms with van der Waals surface area (Å²) in [6.07, 6.45) is -0.997. The summed E-state index contributed by atoms with van der Waals surface area (Å²) in [6.45, 7) is 9.43. The van der Waals surface area contributed by atoms with Crippen LogP contribution >= 0.6 is 0 Å². The van der Waals surface area contributed by atoms with E-state index in [9.17, 15) is 31.2 Å². The first kappa shape index (κ1) is 36.2. The Kier molecular flexibility index (Phi) is 10.9. The van der Waals surface area contributed by atoms with Gasteiger partial charge in [-0.3, -0.25) is 14.1 Å². The molecule has 0 aromatic carbocycles. The van der Waals surface area contributed by atoms with Crippen molar-refractivity contribution in [2.75, 3.05) is 5.75 Å². The second-order valence-electron chi connectivity index (χ2n) is 13.1. The van der Waals surface area contributed by atoms with Gasteiger partial charge in [-0.2, -0.15) is 18.2 Å². The van der Waals surface area contributed by atoms with Crippen LogP contribution in [0.1, 0.15) is 91.2 Å². The number of guanidine groups is 1. The molecule has 1 amide bonds. The van der Waals surface area contributed by atoms with Crippen molar-refractivity contribution in [2.45, 2.75) is 116 Å². The minimum absolute atomic E-state index is 0.000434. The SMILES string of the molecule is CC[C@@H](C)n1c2c(cc(=C3C=CC(NS(=O)(=O)CCC(F)(F)F)=C(F)C3)c1=O)CN=C(NC1CCC(NC(=O)OC(C)(C)C)CC1)N=2. The third-order valence-corrected chi connectivity index (χ3v) is 9.33. The molecule has 3 aliphatic rings. The largest absolute Gasteiger partial charge is 0.444 e. The number of halogens is 4. The molecule has 1 aromatic rings. The number of nitrogens with zero attached hydrogens (tertiary/aromatic N) is 3. The molecule has 1 aromatic heterocycles. The maximum Gasteiger partial charge on any atom is 0.407 e. The van der Waals surface area contributed by atoms with Gasteiger partial charge in [-0.15, -0.1) is 0 Å². The van der Waals surface area contributed by atoms with E-state index in [4.69, 9.17) is 9.73 Å². The first-order chi connectivity index (χ1) is 21.8. The van der Waals surface area contributed by atoms with Crippen molar-refractivity contribution < 1.29 is 35.5 Å². The Morgan fingerprint density at radius 1 is 1.13 bits per heavy atom. The molecule has 2 heterocycles. The number of rotatable bonds is 8. The number of sulfonamides is 1. The third kappa shape index (κ3) is 9.91. The standard InChI is InChI=1S/C31H42F4N6O5S/c1-6-18(2)41-26-20(17-36-28(39-26)37-21-8-10-22(11-9-21)38-29(43)46-30(3,4)5)15-23(27(41)42)19-7-12-25(24(32)16-19)40-47(44,45)14-13-31(33,34)35/h7,12,15,18,21-22,40H,6,8-11,13-14,16-17H2,1-5H3,(H,36,37)(H,38,43)/t18-,21?,22?/m1/s1. The number of carbonyl (C=O) groups is 1. The number of aromatic nitrogens is 1. The normalized spacial score (nSPS) is 22.1. The van der Waals surface area contributed by atoms with Gasteiger partial charge < -0.3 is 15.4 Å². The van der Waals surface area contributed by atoms with Crippen LogP contribution in [0.5, 0.6) is 0 Å². The number of aliphatic imine (C=N–C) groups is 1. The van der Waals surface area contributed by atoms with E-state index in [0.717, 1.165) is 31.8 Å². The lowest BCUT2D eigenvalue weighted by Gasteiger charge is -2.31. The quantitative estimate of drug-likeness (QED) is 0.354. The van der Waals surface area contributed by atoms with Crippen molar-refractivity contribution >= 4 is 27.6 Å². The number of hydrogen-bond acceptors (Lipinski definition) is 8. The molecule has 0 unspecified atom stereocenters. The van der Waals surface area contributed by atoms with E-state index in [2.05, 4.69) is 15.6 Å². The van der Waals surface area contributed by atoms with E-state index in [-0.39, 0.29) is 35.5 Å². The van der Waals surface area contributed by atoms with Gasteiger partial charge in [-0.1, -0.05) is 13.0 Å². The molecular formula is C31H42F4N6O5S. The van der Waals surface area contributed by atoms with Crippen molar-refractivity contribution in [3.63, 3.8) is 0 Å². The Labute approximate surface area is 271 Å². The number of alkyl halides is 3. The summed E-state index contributed by atoms with van der Waals surface area (Å²) in [5.41, 5.74) is -0.0676. The number of ether oxygens (including phenoxy) is 1. The van der Waals surface area contributed by atoms with Crippen molar-refractivity contribution in [3.8, 4) is 0 Å². The molecule has 16 heteroatoms. The second kappa shape index (κ2) is 14.2. The molecule has 1 fully saturated rings. The fourth-order valence-corrected chi connectivity index (χ4v) is 6.61. The second-order valence-corrected chi connectivity index (χ2v) is 14.9. The van der Waals surface area contributed by atoms with Crippen LogP contribution < -0.4 is 31.6 Å². The van der Waals surface area contributed by atoms with Crippen molar-refractivity contribution in [2.24, 2.45) is 9.98 Å². The van der Waals surface area contributed by atoms with Gasteiger partial charge in [0.15, 0.2) is 0 Å². The Morgan fingerprint density at radius 2 is 1.79 bits per heavy atom. The number of alkyl carbamates (subject to hydrolysis) is 1. The molecule has 0 radical (unpaired) electrons. The molecule has 2 aliphatic carbocycles. The molecule has 4 rings (SSSR count). The number of allylic oxidation sites excluding steroid dienone is 3. The molecular weight excluding hydrogens is 644 g/mol. The van der Waals surface area contributed by atoms with Crippen LogP contribution in [0.25, 0.3) is 5.57 Å². The highest BCUT2D eigenvalue weighted by atomic mass is 32.2. The van der Waals surface area contributed by atoms with Crippen LogP contribution in [0.3, 0.4) is 0 Å². The first-order valence-corrected chi connectivity index (χ1v) is 17.3. The van der Waals surface area contributed by atoms with Crippen LogP contribution in [-0.2, 0) is 21.3 Å². The number of hydrogen-bond donors (Lipinski definition) is 3. The molecule has 11 nitrogen and oxygen atoms in total. The summed E-state index contributed by atoms with van der Waals surface area (Å²) in [7, 11) is -4.45. The molecule has 260 valence electrons. The lowest BCUT2D eigenvalue weighted by atomic mass is 9.91. The molecule has 0 bridgehead atoms. The van der Waals surface area contributed by atoms with Gasteiger partial charge in [-0.05, 0) is 77.5 Å². The van der Waals surface area contributed by atoms with Crippen molar-refractivity contribution in [1.29, 1.82) is 0 Å². The number of nitrogens with one attached hydrogen (secondary N) is 3. The minimum Gasteiger partial charge on any atom is -0.444 e. The summed E-state index contributed by atoms with van der Waals surface area (Å²) in [5, 5.41) is 6.49. The highest BCUT2D eigenvalue weighted by Gasteiger charge is 2.31. The fourth-order valence-electron chi connectivity index (χ4n) is 5.50. The number of carbonyl (C=O) groups excluding carboxylic acids is 1. The van der Waals surface area contributed by atoms with Gasteiger partial charge in [0.2, 0.25) is 16.0 Å². The zero-order valence-electron chi connectivity index (χ0n) is 27.1. The average Bonchev–Trinajstić information content (AvgIpc) is 2.96. The van der Waals surface area contributed by atoms with Gasteiger partial charge >= 0.3 is 12.3 Å². The number of pyridine rings is 1. The van der Waals surface area contributed by atoms with Crippen molar-refractivity contribution in [1.82, 2.24) is 19.9 Å². The van der Waals surface area contributed by atoms with Crippen LogP contribution in [0.4, 0.5) is 22.4 Å². The smallest absolute Gasteiger partial charge is 0.407 e. The molecule has 3 N–H and O–H groups in total. The summed E-state index contributed by atoms with van der Waals surface area (Å²) < 4.78 is 85.6. The highest BCUT2D eigenvalue weighted by molar-refractivity contribution is 7.89. The summed E-state index contributed by atoms with van der Waals surface area (Å²) >= 11 is 0. The zero-order chi connectivity index (χ0) is 34.7. The number of fused-ring (bicyclic) bond motifs is 1. The van der Waals surface area contributed by atoms with E-state index in [1.165, 1.54) is 6.08 Å². The van der Waals surface area contributed by atoms with E-state index >= 15 is 4.39 Å². The molecule has 47 heavy (non-hydrogen) atoms. The van der Waals surface area contributed by atoms with Crippen LogP contribution in [0, 0.1) is 0 Å². The molecule has 0 spiro atoms. The lowest BCUT2D eigenvalue weighted by molar-refractivity contribution is -0.130. The van der Waals surface area contributed by atoms with E-state index in [0.29, 0.717) is 23.4 Å².